The van der Waals surface area contributed by atoms with Crippen LogP contribution in [-0.4, -0.2) is 40.0 Å². The van der Waals surface area contributed by atoms with E-state index in [9.17, 15) is 9.59 Å². The van der Waals surface area contributed by atoms with Gasteiger partial charge in [-0.1, -0.05) is 19.1 Å². The maximum absolute atomic E-state index is 12.7. The fourth-order valence-electron chi connectivity index (χ4n) is 2.92. The van der Waals surface area contributed by atoms with E-state index in [1.165, 1.54) is 4.90 Å². The zero-order valence-electron chi connectivity index (χ0n) is 14.8. The molecule has 1 atom stereocenters. The largest absolute Gasteiger partial charge is 0.481 e. The molecule has 0 radical (unpaired) electrons. The van der Waals surface area contributed by atoms with Crippen LogP contribution in [0.2, 0.25) is 0 Å². The average molecular weight is 328 g/mol. The molecule has 128 valence electrons. The summed E-state index contributed by atoms with van der Waals surface area (Å²) >= 11 is 0. The van der Waals surface area contributed by atoms with Gasteiger partial charge in [-0.25, -0.2) is 0 Å². The standard InChI is InChI=1S/C19H24N2O3/c1-12-7-6-8-16(9-12)21-14(3)10-17(15(21)4)18(22)20(5)11-13(2)19(23)24/h6-10,13H,11H2,1-5H3,(H,23,24). The normalized spacial score (nSPS) is 12.0. The summed E-state index contributed by atoms with van der Waals surface area (Å²) in [5.41, 5.74) is 4.61. The first kappa shape index (κ1) is 17.8. The van der Waals surface area contributed by atoms with Gasteiger partial charge in [0.05, 0.1) is 11.5 Å². The topological polar surface area (TPSA) is 62.5 Å². The van der Waals surface area contributed by atoms with Crippen molar-refractivity contribution in [2.45, 2.75) is 27.7 Å². The SMILES string of the molecule is Cc1cccc(-n2c(C)cc(C(=O)N(C)CC(C)C(=O)O)c2C)c1. The Morgan fingerprint density at radius 1 is 1.21 bits per heavy atom. The minimum absolute atomic E-state index is 0.157. The third kappa shape index (κ3) is 3.50. The first-order chi connectivity index (χ1) is 11.2. The number of aryl methyl sites for hydroxylation is 2. The van der Waals surface area contributed by atoms with Crippen LogP contribution in [0.1, 0.15) is 34.2 Å². The summed E-state index contributed by atoms with van der Waals surface area (Å²) in [6.07, 6.45) is 0. The molecule has 0 aliphatic heterocycles. The fraction of sp³-hybridized carbons (Fsp3) is 0.368. The third-order valence-corrected chi connectivity index (χ3v) is 4.24. The molecule has 0 saturated carbocycles. The summed E-state index contributed by atoms with van der Waals surface area (Å²) in [7, 11) is 1.64. The summed E-state index contributed by atoms with van der Waals surface area (Å²) in [5.74, 6) is -1.66. The van der Waals surface area contributed by atoms with Crippen molar-refractivity contribution >= 4 is 11.9 Å². The van der Waals surface area contributed by atoms with E-state index < -0.39 is 11.9 Å². The number of carboxylic acids is 1. The number of carboxylic acid groups (broad SMARTS) is 1. The van der Waals surface area contributed by atoms with Crippen molar-refractivity contribution in [1.29, 1.82) is 0 Å². The van der Waals surface area contributed by atoms with Gasteiger partial charge in [-0.05, 0) is 44.5 Å². The number of amides is 1. The van der Waals surface area contributed by atoms with Gasteiger partial charge in [0.2, 0.25) is 0 Å². The summed E-state index contributed by atoms with van der Waals surface area (Å²) in [5, 5.41) is 9.02. The Kier molecular flexibility index (Phi) is 5.12. The third-order valence-electron chi connectivity index (χ3n) is 4.24. The molecule has 5 nitrogen and oxygen atoms in total. The van der Waals surface area contributed by atoms with E-state index in [0.29, 0.717) is 5.56 Å². The molecular weight excluding hydrogens is 304 g/mol. The number of aromatic nitrogens is 1. The highest BCUT2D eigenvalue weighted by atomic mass is 16.4. The van der Waals surface area contributed by atoms with Crippen molar-refractivity contribution < 1.29 is 14.7 Å². The number of aliphatic carboxylic acids is 1. The van der Waals surface area contributed by atoms with Gasteiger partial charge in [-0.15, -0.1) is 0 Å². The van der Waals surface area contributed by atoms with Crippen molar-refractivity contribution in [2.24, 2.45) is 5.92 Å². The minimum atomic E-state index is -0.903. The lowest BCUT2D eigenvalue weighted by atomic mass is 10.1. The quantitative estimate of drug-likeness (QED) is 0.917. The molecule has 0 aliphatic rings. The van der Waals surface area contributed by atoms with Gasteiger partial charge >= 0.3 is 5.97 Å². The number of rotatable bonds is 5. The van der Waals surface area contributed by atoms with Gasteiger partial charge in [0.25, 0.3) is 5.91 Å². The van der Waals surface area contributed by atoms with Crippen LogP contribution in [0.25, 0.3) is 5.69 Å². The lowest BCUT2D eigenvalue weighted by Crippen LogP contribution is -2.33. The monoisotopic (exact) mass is 328 g/mol. The molecule has 1 heterocycles. The number of nitrogens with zero attached hydrogens (tertiary/aromatic N) is 2. The molecular formula is C19H24N2O3. The van der Waals surface area contributed by atoms with Gasteiger partial charge in [0.15, 0.2) is 0 Å². The molecule has 0 bridgehead atoms. The first-order valence-electron chi connectivity index (χ1n) is 7.96. The Labute approximate surface area is 142 Å². The highest BCUT2D eigenvalue weighted by Crippen LogP contribution is 2.22. The van der Waals surface area contributed by atoms with Crippen LogP contribution >= 0.6 is 0 Å². The Morgan fingerprint density at radius 2 is 1.88 bits per heavy atom. The van der Waals surface area contributed by atoms with Crippen molar-refractivity contribution in [3.05, 3.63) is 52.8 Å². The average Bonchev–Trinajstić information content (AvgIpc) is 2.81. The van der Waals surface area contributed by atoms with Crippen LogP contribution in [0.5, 0.6) is 0 Å². The van der Waals surface area contributed by atoms with Crippen LogP contribution in [0.4, 0.5) is 0 Å². The van der Waals surface area contributed by atoms with Crippen molar-refractivity contribution in [3.8, 4) is 5.69 Å². The van der Waals surface area contributed by atoms with E-state index in [4.69, 9.17) is 5.11 Å². The fourth-order valence-corrected chi connectivity index (χ4v) is 2.92. The second-order valence-corrected chi connectivity index (χ2v) is 6.38. The molecule has 1 aromatic carbocycles. The molecule has 2 rings (SSSR count). The molecule has 0 fully saturated rings. The second kappa shape index (κ2) is 6.91. The summed E-state index contributed by atoms with van der Waals surface area (Å²) in [6, 6.07) is 9.97. The Bertz CT molecular complexity index is 777. The summed E-state index contributed by atoms with van der Waals surface area (Å²) in [6.45, 7) is 7.69. The highest BCUT2D eigenvalue weighted by molar-refractivity contribution is 5.96. The van der Waals surface area contributed by atoms with E-state index in [0.717, 1.165) is 22.6 Å². The number of hydrogen-bond donors (Lipinski definition) is 1. The van der Waals surface area contributed by atoms with Crippen LogP contribution < -0.4 is 0 Å². The zero-order chi connectivity index (χ0) is 18.0. The minimum Gasteiger partial charge on any atom is -0.481 e. The zero-order valence-corrected chi connectivity index (χ0v) is 14.8. The predicted molar refractivity (Wildman–Crippen MR) is 93.7 cm³/mol. The number of carbonyl (C=O) groups is 2. The number of carbonyl (C=O) groups excluding carboxylic acids is 1. The molecule has 0 aliphatic carbocycles. The van der Waals surface area contributed by atoms with Crippen LogP contribution in [0.3, 0.4) is 0 Å². The molecule has 1 unspecified atom stereocenters. The summed E-state index contributed by atoms with van der Waals surface area (Å²) < 4.78 is 2.05. The lowest BCUT2D eigenvalue weighted by molar-refractivity contribution is -0.141. The van der Waals surface area contributed by atoms with Crippen LogP contribution in [0.15, 0.2) is 30.3 Å². The van der Waals surface area contributed by atoms with E-state index >= 15 is 0 Å². The number of hydrogen-bond acceptors (Lipinski definition) is 2. The van der Waals surface area contributed by atoms with Crippen LogP contribution in [-0.2, 0) is 4.79 Å². The van der Waals surface area contributed by atoms with Gasteiger partial charge in [0, 0.05) is 30.7 Å². The van der Waals surface area contributed by atoms with Gasteiger partial charge < -0.3 is 14.6 Å². The molecule has 1 aromatic heterocycles. The van der Waals surface area contributed by atoms with Crippen molar-refractivity contribution in [1.82, 2.24) is 9.47 Å². The molecule has 5 heteroatoms. The van der Waals surface area contributed by atoms with Gasteiger partial charge in [-0.3, -0.25) is 9.59 Å². The number of benzene rings is 1. The lowest BCUT2D eigenvalue weighted by Gasteiger charge is -2.19. The maximum Gasteiger partial charge on any atom is 0.308 e. The molecule has 1 amide bonds. The first-order valence-corrected chi connectivity index (χ1v) is 7.96. The predicted octanol–water partition coefficient (Wildman–Crippen LogP) is 3.20. The van der Waals surface area contributed by atoms with Crippen molar-refractivity contribution in [3.63, 3.8) is 0 Å². The summed E-state index contributed by atoms with van der Waals surface area (Å²) in [4.78, 5) is 25.2. The van der Waals surface area contributed by atoms with E-state index in [2.05, 4.69) is 10.6 Å². The second-order valence-electron chi connectivity index (χ2n) is 6.38. The Morgan fingerprint density at radius 3 is 2.46 bits per heavy atom. The molecule has 0 spiro atoms. The van der Waals surface area contributed by atoms with E-state index in [1.807, 2.05) is 45.0 Å². The smallest absolute Gasteiger partial charge is 0.308 e. The molecule has 1 N–H and O–H groups in total. The molecule has 24 heavy (non-hydrogen) atoms. The molecule has 2 aromatic rings. The van der Waals surface area contributed by atoms with E-state index in [1.54, 1.807) is 14.0 Å². The Balaban J connectivity index is 2.34. The maximum atomic E-state index is 12.7. The molecule has 0 saturated heterocycles. The van der Waals surface area contributed by atoms with Gasteiger partial charge in [0.1, 0.15) is 0 Å². The Hall–Kier alpha value is -2.56. The van der Waals surface area contributed by atoms with Crippen molar-refractivity contribution in [2.75, 3.05) is 13.6 Å². The van der Waals surface area contributed by atoms with Crippen LogP contribution in [0, 0.1) is 26.7 Å². The van der Waals surface area contributed by atoms with E-state index in [-0.39, 0.29) is 12.5 Å². The highest BCUT2D eigenvalue weighted by Gasteiger charge is 2.22. The van der Waals surface area contributed by atoms with Gasteiger partial charge in [-0.2, -0.15) is 0 Å².